The number of rotatable bonds is 4. The third-order valence-electron chi connectivity index (χ3n) is 8.02. The molecule has 0 saturated carbocycles. The molecule has 0 aliphatic carbocycles. The summed E-state index contributed by atoms with van der Waals surface area (Å²) in [7, 11) is 0. The van der Waals surface area contributed by atoms with Crippen LogP contribution < -0.4 is 19.9 Å². The van der Waals surface area contributed by atoms with Gasteiger partial charge in [0, 0.05) is 60.9 Å². The number of carbonyl (C=O) groups excluding carboxylic acids is 2. The number of carbonyl (C=O) groups is 2. The number of piperazine rings is 1. The van der Waals surface area contributed by atoms with Gasteiger partial charge in [0.15, 0.2) is 0 Å². The predicted octanol–water partition coefficient (Wildman–Crippen LogP) is 7.96. The van der Waals surface area contributed by atoms with Crippen molar-refractivity contribution in [2.75, 3.05) is 54.4 Å². The van der Waals surface area contributed by atoms with Gasteiger partial charge in [-0.05, 0) is 89.9 Å². The first-order valence-electron chi connectivity index (χ1n) is 17.2. The quantitative estimate of drug-likeness (QED) is 0.227. The number of hydrogen-bond acceptors (Lipinski definition) is 10. The molecule has 12 heteroatoms. The zero-order chi connectivity index (χ0) is 36.2. The van der Waals surface area contributed by atoms with Gasteiger partial charge in [0.05, 0.1) is 12.1 Å². The molecule has 50 heavy (non-hydrogen) atoms. The minimum absolute atomic E-state index is 0.266. The Morgan fingerprint density at radius 1 is 0.820 bits per heavy atom. The number of pyridine rings is 1. The van der Waals surface area contributed by atoms with Gasteiger partial charge in [-0.2, -0.15) is 0 Å². The third-order valence-corrected chi connectivity index (χ3v) is 8.02. The number of hydrogen-bond donors (Lipinski definition) is 1. The SMILES string of the molecule is CC.Cc1c(-c2ccc3cnc(Nc4ccc(N5CCN(C(=O)OC(C)(C)C)CC5)cc4)nc3c2)cnc2c1N(C(=O)OC(C)(C)C)CCO2. The van der Waals surface area contributed by atoms with E-state index in [-0.39, 0.29) is 6.09 Å². The summed E-state index contributed by atoms with van der Waals surface area (Å²) in [5.74, 6) is 0.889. The maximum Gasteiger partial charge on any atom is 0.415 e. The molecule has 2 aromatic heterocycles. The highest BCUT2D eigenvalue weighted by atomic mass is 16.6. The molecular weight excluding hydrogens is 634 g/mol. The second kappa shape index (κ2) is 14.8. The summed E-state index contributed by atoms with van der Waals surface area (Å²) in [6.07, 6.45) is 2.87. The summed E-state index contributed by atoms with van der Waals surface area (Å²) in [5.41, 5.74) is 4.83. The van der Waals surface area contributed by atoms with Crippen LogP contribution >= 0.6 is 0 Å². The molecule has 2 aromatic carbocycles. The second-order valence-electron chi connectivity index (χ2n) is 14.0. The summed E-state index contributed by atoms with van der Waals surface area (Å²) < 4.78 is 17.0. The van der Waals surface area contributed by atoms with Crippen molar-refractivity contribution in [3.05, 3.63) is 60.4 Å². The number of amides is 2. The number of benzene rings is 2. The Morgan fingerprint density at radius 2 is 1.48 bits per heavy atom. The van der Waals surface area contributed by atoms with Crippen LogP contribution in [-0.2, 0) is 9.47 Å². The number of ether oxygens (including phenoxy) is 3. The first-order chi connectivity index (χ1) is 23.7. The smallest absolute Gasteiger partial charge is 0.415 e. The summed E-state index contributed by atoms with van der Waals surface area (Å²) in [6.45, 7) is 20.5. The first kappa shape index (κ1) is 36.2. The van der Waals surface area contributed by atoms with Crippen molar-refractivity contribution in [1.82, 2.24) is 19.9 Å². The van der Waals surface area contributed by atoms with Gasteiger partial charge in [-0.25, -0.2) is 24.5 Å². The van der Waals surface area contributed by atoms with Crippen LogP contribution in [0.5, 0.6) is 5.88 Å². The Morgan fingerprint density at radius 3 is 2.14 bits per heavy atom. The fourth-order valence-corrected chi connectivity index (χ4v) is 5.74. The van der Waals surface area contributed by atoms with Gasteiger partial charge < -0.3 is 29.3 Å². The van der Waals surface area contributed by atoms with Crippen LogP contribution in [0.1, 0.15) is 61.0 Å². The van der Waals surface area contributed by atoms with Crippen LogP contribution in [0.3, 0.4) is 0 Å². The van der Waals surface area contributed by atoms with E-state index in [4.69, 9.17) is 19.2 Å². The van der Waals surface area contributed by atoms with Crippen molar-refractivity contribution in [1.29, 1.82) is 0 Å². The van der Waals surface area contributed by atoms with E-state index in [1.165, 1.54) is 0 Å². The molecule has 1 N–H and O–H groups in total. The van der Waals surface area contributed by atoms with Crippen molar-refractivity contribution < 1.29 is 23.8 Å². The van der Waals surface area contributed by atoms with E-state index in [9.17, 15) is 9.59 Å². The van der Waals surface area contributed by atoms with E-state index in [2.05, 4.69) is 32.3 Å². The van der Waals surface area contributed by atoms with E-state index in [1.54, 1.807) is 22.2 Å². The van der Waals surface area contributed by atoms with E-state index in [1.807, 2.05) is 92.6 Å². The average Bonchev–Trinajstić information content (AvgIpc) is 3.08. The Kier molecular flexibility index (Phi) is 10.7. The van der Waals surface area contributed by atoms with Gasteiger partial charge in [0.25, 0.3) is 0 Å². The number of anilines is 4. The van der Waals surface area contributed by atoms with E-state index < -0.39 is 17.3 Å². The second-order valence-corrected chi connectivity index (χ2v) is 14.0. The first-order valence-corrected chi connectivity index (χ1v) is 17.2. The largest absolute Gasteiger partial charge is 0.474 e. The molecular formula is C38H49N7O5. The minimum atomic E-state index is -0.624. The fraction of sp³-hybridized carbons (Fsp3) is 0.447. The van der Waals surface area contributed by atoms with Crippen LogP contribution in [0, 0.1) is 6.92 Å². The van der Waals surface area contributed by atoms with Crippen molar-refractivity contribution in [3.8, 4) is 17.0 Å². The number of fused-ring (bicyclic) bond motifs is 2. The van der Waals surface area contributed by atoms with E-state index in [0.29, 0.717) is 43.8 Å². The molecule has 2 aliphatic heterocycles. The average molecular weight is 684 g/mol. The van der Waals surface area contributed by atoms with Crippen LogP contribution in [0.15, 0.2) is 54.9 Å². The lowest BCUT2D eigenvalue weighted by molar-refractivity contribution is 0.0240. The van der Waals surface area contributed by atoms with Crippen molar-refractivity contribution >= 4 is 46.1 Å². The van der Waals surface area contributed by atoms with E-state index in [0.717, 1.165) is 52.1 Å². The molecule has 0 spiro atoms. The topological polar surface area (TPSA) is 122 Å². The minimum Gasteiger partial charge on any atom is -0.474 e. The summed E-state index contributed by atoms with van der Waals surface area (Å²) in [4.78, 5) is 45.0. The zero-order valence-electron chi connectivity index (χ0n) is 30.7. The number of aromatic nitrogens is 3. The lowest BCUT2D eigenvalue weighted by atomic mass is 9.99. The van der Waals surface area contributed by atoms with Gasteiger partial charge in [0.2, 0.25) is 11.8 Å². The highest BCUT2D eigenvalue weighted by molar-refractivity contribution is 5.94. The molecule has 4 heterocycles. The lowest BCUT2D eigenvalue weighted by Crippen LogP contribution is -2.50. The normalized spacial score (nSPS) is 14.6. The summed E-state index contributed by atoms with van der Waals surface area (Å²) in [5, 5.41) is 4.22. The maximum atomic E-state index is 13.1. The van der Waals surface area contributed by atoms with Crippen LogP contribution in [0.2, 0.25) is 0 Å². The lowest BCUT2D eigenvalue weighted by Gasteiger charge is -2.36. The standard InChI is InChI=1S/C36H43N7O5.C2H6/c1-23-28(22-37-31-30(23)43(18-19-46-31)34(45)48-36(5,6)7)24-8-9-25-21-38-32(40-29(25)20-24)39-26-10-12-27(13-11-26)41-14-16-42(17-15-41)33(44)47-35(2,3)4;1-2/h8-13,20-22H,14-19H2,1-7H3,(H,38,39,40);1-2H3. The molecule has 0 atom stereocenters. The molecule has 0 radical (unpaired) electrons. The Balaban J connectivity index is 0.00000239. The molecule has 0 unspecified atom stereocenters. The van der Waals surface area contributed by atoms with Crippen molar-refractivity contribution in [2.24, 2.45) is 0 Å². The van der Waals surface area contributed by atoms with Crippen LogP contribution in [0.25, 0.3) is 22.0 Å². The molecule has 266 valence electrons. The molecule has 0 bridgehead atoms. The fourth-order valence-electron chi connectivity index (χ4n) is 5.74. The molecule has 1 fully saturated rings. The maximum absolute atomic E-state index is 13.1. The van der Waals surface area contributed by atoms with Crippen LogP contribution in [-0.4, -0.2) is 82.6 Å². The highest BCUT2D eigenvalue weighted by Gasteiger charge is 2.32. The Bertz CT molecular complexity index is 1820. The van der Waals surface area contributed by atoms with E-state index >= 15 is 0 Å². The van der Waals surface area contributed by atoms with Gasteiger partial charge in [-0.15, -0.1) is 0 Å². The number of nitrogens with zero attached hydrogens (tertiary/aromatic N) is 6. The molecule has 1 saturated heterocycles. The molecule has 4 aromatic rings. The van der Waals surface area contributed by atoms with Gasteiger partial charge >= 0.3 is 12.2 Å². The predicted molar refractivity (Wildman–Crippen MR) is 198 cm³/mol. The van der Waals surface area contributed by atoms with Crippen molar-refractivity contribution in [2.45, 2.75) is 73.5 Å². The third kappa shape index (κ3) is 8.53. The van der Waals surface area contributed by atoms with Crippen LogP contribution in [0.4, 0.5) is 32.6 Å². The summed E-state index contributed by atoms with van der Waals surface area (Å²) >= 11 is 0. The van der Waals surface area contributed by atoms with Crippen molar-refractivity contribution in [3.63, 3.8) is 0 Å². The number of nitrogens with one attached hydrogen (secondary N) is 1. The van der Waals surface area contributed by atoms with Gasteiger partial charge in [-0.3, -0.25) is 4.90 Å². The Hall–Kier alpha value is -5.13. The highest BCUT2D eigenvalue weighted by Crippen LogP contribution is 2.39. The molecule has 2 amide bonds. The molecule has 6 rings (SSSR count). The molecule has 12 nitrogen and oxygen atoms in total. The van der Waals surface area contributed by atoms with Gasteiger partial charge in [0.1, 0.15) is 23.5 Å². The summed E-state index contributed by atoms with van der Waals surface area (Å²) in [6, 6.07) is 14.1. The molecule has 2 aliphatic rings. The zero-order valence-corrected chi connectivity index (χ0v) is 30.7. The Labute approximate surface area is 294 Å². The van der Waals surface area contributed by atoms with Gasteiger partial charge in [-0.1, -0.05) is 26.0 Å². The monoisotopic (exact) mass is 683 g/mol.